The zero-order valence-corrected chi connectivity index (χ0v) is 13.9. The molecule has 4 rings (SSSR count). The zero-order valence-electron chi connectivity index (χ0n) is 13.9. The molecule has 134 valence electrons. The maximum absolute atomic E-state index is 15.3. The lowest BCUT2D eigenvalue weighted by molar-refractivity contribution is 0.136. The fourth-order valence-electron chi connectivity index (χ4n) is 2.85. The average molecular weight is 359 g/mol. The molecular formula is C17H15F2N5O2. The van der Waals surface area contributed by atoms with Crippen LogP contribution in [0.5, 0.6) is 5.75 Å². The largest absolute Gasteiger partial charge is 0.497 e. The van der Waals surface area contributed by atoms with E-state index in [4.69, 9.17) is 9.26 Å². The molecule has 1 aromatic carbocycles. The molecule has 7 nitrogen and oxygen atoms in total. The van der Waals surface area contributed by atoms with Crippen LogP contribution >= 0.6 is 0 Å². The highest BCUT2D eigenvalue weighted by Gasteiger charge is 2.45. The minimum atomic E-state index is -1.81. The molecular weight excluding hydrogens is 344 g/mol. The Kier molecular flexibility index (Phi) is 3.98. The fraction of sp³-hybridized carbons (Fsp3) is 0.294. The predicted molar refractivity (Wildman–Crippen MR) is 87.9 cm³/mol. The first-order valence-electron chi connectivity index (χ1n) is 7.97. The van der Waals surface area contributed by atoms with Gasteiger partial charge in [-0.1, -0.05) is 5.16 Å². The summed E-state index contributed by atoms with van der Waals surface area (Å²) in [7, 11) is 1.57. The van der Waals surface area contributed by atoms with E-state index in [1.54, 1.807) is 36.3 Å². The zero-order chi connectivity index (χ0) is 18.1. The van der Waals surface area contributed by atoms with E-state index in [9.17, 15) is 4.39 Å². The van der Waals surface area contributed by atoms with E-state index in [2.05, 4.69) is 20.1 Å². The Morgan fingerprint density at radius 3 is 2.62 bits per heavy atom. The third-order valence-electron chi connectivity index (χ3n) is 4.27. The van der Waals surface area contributed by atoms with Gasteiger partial charge >= 0.3 is 0 Å². The molecule has 3 heterocycles. The van der Waals surface area contributed by atoms with E-state index in [-0.39, 0.29) is 24.8 Å². The number of rotatable bonds is 4. The molecule has 0 saturated carbocycles. The van der Waals surface area contributed by atoms with E-state index < -0.39 is 11.5 Å². The molecule has 26 heavy (non-hydrogen) atoms. The monoisotopic (exact) mass is 359 g/mol. The van der Waals surface area contributed by atoms with Gasteiger partial charge in [-0.3, -0.25) is 0 Å². The third-order valence-corrected chi connectivity index (χ3v) is 4.27. The van der Waals surface area contributed by atoms with E-state index in [1.807, 2.05) is 0 Å². The number of halogens is 2. The summed E-state index contributed by atoms with van der Waals surface area (Å²) in [5.74, 6) is 0.635. The molecule has 0 amide bonds. The van der Waals surface area contributed by atoms with Crippen LogP contribution in [0.3, 0.4) is 0 Å². The minimum absolute atomic E-state index is 0.0388. The highest BCUT2D eigenvalue weighted by molar-refractivity contribution is 5.55. The maximum atomic E-state index is 15.3. The summed E-state index contributed by atoms with van der Waals surface area (Å²) >= 11 is 0. The van der Waals surface area contributed by atoms with E-state index >= 15 is 4.39 Å². The van der Waals surface area contributed by atoms with Gasteiger partial charge in [0, 0.05) is 18.5 Å². The number of anilines is 1. The Morgan fingerprint density at radius 2 is 1.92 bits per heavy atom. The van der Waals surface area contributed by atoms with Gasteiger partial charge in [0.05, 0.1) is 26.0 Å². The van der Waals surface area contributed by atoms with Gasteiger partial charge in [0.1, 0.15) is 5.75 Å². The normalized spacial score (nSPS) is 19.7. The van der Waals surface area contributed by atoms with E-state index in [0.29, 0.717) is 23.7 Å². The van der Waals surface area contributed by atoms with Crippen molar-refractivity contribution in [1.29, 1.82) is 0 Å². The Labute approximate surface area is 147 Å². The molecule has 0 radical (unpaired) electrons. The van der Waals surface area contributed by atoms with Crippen LogP contribution in [0.1, 0.15) is 12.3 Å². The summed E-state index contributed by atoms with van der Waals surface area (Å²) in [5.41, 5.74) is -1.11. The number of ether oxygens (including phenoxy) is 1. The third kappa shape index (κ3) is 2.96. The number of methoxy groups -OCH3 is 1. The minimum Gasteiger partial charge on any atom is -0.497 e. The second kappa shape index (κ2) is 6.32. The van der Waals surface area contributed by atoms with Crippen molar-refractivity contribution in [1.82, 2.24) is 20.1 Å². The van der Waals surface area contributed by atoms with Gasteiger partial charge in [-0.15, -0.1) is 0 Å². The van der Waals surface area contributed by atoms with Gasteiger partial charge < -0.3 is 14.2 Å². The molecule has 0 aliphatic carbocycles. The summed E-state index contributed by atoms with van der Waals surface area (Å²) in [6.45, 7) is 0.325. The average Bonchev–Trinajstić information content (AvgIpc) is 3.31. The van der Waals surface area contributed by atoms with Crippen LogP contribution in [-0.4, -0.2) is 40.3 Å². The van der Waals surface area contributed by atoms with E-state index in [1.165, 1.54) is 0 Å². The van der Waals surface area contributed by atoms with Crippen LogP contribution in [0.2, 0.25) is 0 Å². The molecule has 9 heteroatoms. The number of nitrogens with zero attached hydrogens (tertiary/aromatic N) is 5. The van der Waals surface area contributed by atoms with Gasteiger partial charge in [-0.05, 0) is 24.3 Å². The van der Waals surface area contributed by atoms with Crippen LogP contribution in [0.15, 0.2) is 41.2 Å². The Morgan fingerprint density at radius 1 is 1.19 bits per heavy atom. The Balaban J connectivity index is 1.54. The van der Waals surface area contributed by atoms with Crippen LogP contribution < -0.4 is 9.64 Å². The molecule has 1 atom stereocenters. The van der Waals surface area contributed by atoms with Crippen molar-refractivity contribution in [2.75, 3.05) is 25.1 Å². The van der Waals surface area contributed by atoms with Crippen LogP contribution in [0, 0.1) is 5.82 Å². The fourth-order valence-corrected chi connectivity index (χ4v) is 2.85. The summed E-state index contributed by atoms with van der Waals surface area (Å²) in [4.78, 5) is 13.6. The van der Waals surface area contributed by atoms with Gasteiger partial charge in [-0.25, -0.2) is 18.7 Å². The standard InChI is InChI=1S/C17H15F2N5O2/c1-25-13-4-2-11(3-5-13)14-22-15(26-23-14)17(19)6-7-24(10-17)16-20-8-12(18)9-21-16/h2-5,8-9H,6-7,10H2,1H3. The van der Waals surface area contributed by atoms with Crippen LogP contribution in [-0.2, 0) is 5.67 Å². The molecule has 1 aliphatic rings. The lowest BCUT2D eigenvalue weighted by Gasteiger charge is -2.17. The summed E-state index contributed by atoms with van der Waals surface area (Å²) < 4.78 is 38.5. The predicted octanol–water partition coefficient (Wildman–Crippen LogP) is 2.75. The second-order valence-electron chi connectivity index (χ2n) is 5.99. The molecule has 2 aromatic heterocycles. The second-order valence-corrected chi connectivity index (χ2v) is 5.99. The van der Waals surface area contributed by atoms with Crippen molar-refractivity contribution in [2.45, 2.75) is 12.1 Å². The number of aromatic nitrogens is 4. The van der Waals surface area contributed by atoms with Crippen molar-refractivity contribution >= 4 is 5.95 Å². The van der Waals surface area contributed by atoms with Crippen LogP contribution in [0.4, 0.5) is 14.7 Å². The van der Waals surface area contributed by atoms with Gasteiger partial charge in [0.15, 0.2) is 5.82 Å². The molecule has 1 saturated heterocycles. The SMILES string of the molecule is COc1ccc(-c2noc(C3(F)CCN(c4ncc(F)cn4)C3)n2)cc1. The number of alkyl halides is 1. The maximum Gasteiger partial charge on any atom is 0.266 e. The van der Waals surface area contributed by atoms with Crippen molar-refractivity contribution in [3.8, 4) is 17.1 Å². The van der Waals surface area contributed by atoms with Gasteiger partial charge in [-0.2, -0.15) is 4.98 Å². The quantitative estimate of drug-likeness (QED) is 0.709. The van der Waals surface area contributed by atoms with Gasteiger partial charge in [0.2, 0.25) is 17.4 Å². The molecule has 0 spiro atoms. The summed E-state index contributed by atoms with van der Waals surface area (Å²) in [6, 6.07) is 7.07. The number of benzene rings is 1. The summed E-state index contributed by atoms with van der Waals surface area (Å²) in [6.07, 6.45) is 2.25. The van der Waals surface area contributed by atoms with Gasteiger partial charge in [0.25, 0.3) is 5.89 Å². The highest BCUT2D eigenvalue weighted by atomic mass is 19.1. The summed E-state index contributed by atoms with van der Waals surface area (Å²) in [5, 5.41) is 3.87. The van der Waals surface area contributed by atoms with Crippen molar-refractivity contribution in [3.63, 3.8) is 0 Å². The number of hydrogen-bond donors (Lipinski definition) is 0. The lowest BCUT2D eigenvalue weighted by atomic mass is 10.1. The lowest BCUT2D eigenvalue weighted by Crippen LogP contribution is -2.28. The Bertz CT molecular complexity index is 900. The van der Waals surface area contributed by atoms with E-state index in [0.717, 1.165) is 12.4 Å². The first-order chi connectivity index (χ1) is 12.6. The first-order valence-corrected chi connectivity index (χ1v) is 7.97. The van der Waals surface area contributed by atoms with Crippen molar-refractivity contribution in [3.05, 3.63) is 48.4 Å². The topological polar surface area (TPSA) is 77.2 Å². The molecule has 1 aliphatic heterocycles. The number of hydrogen-bond acceptors (Lipinski definition) is 7. The molecule has 0 bridgehead atoms. The Hall–Kier alpha value is -3.10. The van der Waals surface area contributed by atoms with Crippen molar-refractivity contribution < 1.29 is 18.0 Å². The molecule has 1 unspecified atom stereocenters. The smallest absolute Gasteiger partial charge is 0.266 e. The molecule has 3 aromatic rings. The molecule has 1 fully saturated rings. The first kappa shape index (κ1) is 16.4. The van der Waals surface area contributed by atoms with Crippen molar-refractivity contribution in [2.24, 2.45) is 0 Å². The van der Waals surface area contributed by atoms with Crippen LogP contribution in [0.25, 0.3) is 11.4 Å². The molecule has 0 N–H and O–H groups in total. The highest BCUT2D eigenvalue weighted by Crippen LogP contribution is 2.37.